The molecule has 0 aliphatic carbocycles. The summed E-state index contributed by atoms with van der Waals surface area (Å²) in [5.74, 6) is -0.499. The number of anilines is 1. The maximum absolute atomic E-state index is 11.2. The summed E-state index contributed by atoms with van der Waals surface area (Å²) < 4.78 is 5.05. The second kappa shape index (κ2) is 4.88. The van der Waals surface area contributed by atoms with Crippen LogP contribution in [0.25, 0.3) is 0 Å². The number of esters is 1. The molecule has 0 fully saturated rings. The summed E-state index contributed by atoms with van der Waals surface area (Å²) in [6.45, 7) is 1.36. The van der Waals surface area contributed by atoms with Gasteiger partial charge in [0.05, 0.1) is 11.6 Å². The van der Waals surface area contributed by atoms with Gasteiger partial charge in [-0.3, -0.25) is 4.79 Å². The lowest BCUT2D eigenvalue weighted by Crippen LogP contribution is -2.11. The summed E-state index contributed by atoms with van der Waals surface area (Å²) in [5.41, 5.74) is 0.128. The van der Waals surface area contributed by atoms with Crippen molar-refractivity contribution in [2.24, 2.45) is 0 Å². The summed E-state index contributed by atoms with van der Waals surface area (Å²) in [7, 11) is 1.27. The summed E-state index contributed by atoms with van der Waals surface area (Å²) in [6, 6.07) is 3.20. The maximum atomic E-state index is 11.2. The second-order valence-electron chi connectivity index (χ2n) is 2.70. The molecule has 0 saturated heterocycles. The Hall–Kier alpha value is -1.43. The lowest BCUT2D eigenvalue weighted by atomic mass is 10.3. The highest BCUT2D eigenvalue weighted by Crippen LogP contribution is 2.18. The monoisotopic (exact) mass is 272 g/mol. The van der Waals surface area contributed by atoms with Crippen LogP contribution in [0.15, 0.2) is 16.6 Å². The van der Waals surface area contributed by atoms with Crippen LogP contribution in [0.4, 0.5) is 5.82 Å². The average Bonchev–Trinajstić information content (AvgIpc) is 2.19. The Labute approximate surface area is 95.0 Å². The van der Waals surface area contributed by atoms with Crippen LogP contribution in [-0.4, -0.2) is 24.0 Å². The van der Waals surface area contributed by atoms with Gasteiger partial charge in [0.25, 0.3) is 0 Å². The molecule has 1 aromatic rings. The molecule has 0 aliphatic rings. The van der Waals surface area contributed by atoms with Crippen molar-refractivity contribution in [2.45, 2.75) is 6.92 Å². The molecular formula is C9H9BrN2O3. The predicted octanol–water partition coefficient (Wildman–Crippen LogP) is 1.59. The fraction of sp³-hybridized carbons (Fsp3) is 0.222. The molecule has 1 amide bonds. The Balaban J connectivity index is 3.05. The number of methoxy groups -OCH3 is 1. The first-order valence-corrected chi connectivity index (χ1v) is 4.86. The van der Waals surface area contributed by atoms with Gasteiger partial charge in [-0.05, 0) is 28.1 Å². The Morgan fingerprint density at radius 3 is 2.67 bits per heavy atom. The van der Waals surface area contributed by atoms with Crippen molar-refractivity contribution in [3.05, 3.63) is 22.3 Å². The van der Waals surface area contributed by atoms with Crippen LogP contribution in [0.5, 0.6) is 0 Å². The van der Waals surface area contributed by atoms with E-state index in [1.54, 1.807) is 12.1 Å². The second-order valence-corrected chi connectivity index (χ2v) is 3.55. The highest BCUT2D eigenvalue weighted by Gasteiger charge is 2.13. The third-order valence-electron chi connectivity index (χ3n) is 1.53. The molecule has 1 rings (SSSR count). The lowest BCUT2D eigenvalue weighted by molar-refractivity contribution is -0.114. The number of carbonyl (C=O) groups excluding carboxylic acids is 2. The number of hydrogen-bond donors (Lipinski definition) is 1. The van der Waals surface area contributed by atoms with E-state index in [1.807, 2.05) is 0 Å². The quantitative estimate of drug-likeness (QED) is 0.831. The number of pyridine rings is 1. The van der Waals surface area contributed by atoms with E-state index in [0.717, 1.165) is 0 Å². The van der Waals surface area contributed by atoms with Crippen molar-refractivity contribution >= 4 is 33.6 Å². The number of carbonyl (C=O) groups is 2. The highest BCUT2D eigenvalue weighted by molar-refractivity contribution is 9.10. The Morgan fingerprint density at radius 2 is 2.13 bits per heavy atom. The van der Waals surface area contributed by atoms with Crippen molar-refractivity contribution in [3.8, 4) is 0 Å². The van der Waals surface area contributed by atoms with Gasteiger partial charge in [-0.15, -0.1) is 0 Å². The van der Waals surface area contributed by atoms with Crippen molar-refractivity contribution in [3.63, 3.8) is 0 Å². The largest absolute Gasteiger partial charge is 0.464 e. The predicted molar refractivity (Wildman–Crippen MR) is 57.6 cm³/mol. The molecule has 80 valence electrons. The van der Waals surface area contributed by atoms with Gasteiger partial charge in [0, 0.05) is 6.92 Å². The number of aromatic nitrogens is 1. The van der Waals surface area contributed by atoms with Crippen molar-refractivity contribution in [1.29, 1.82) is 0 Å². The number of amides is 1. The molecule has 0 saturated carbocycles. The smallest absolute Gasteiger partial charge is 0.357 e. The fourth-order valence-corrected chi connectivity index (χ4v) is 1.31. The molecule has 0 aliphatic heterocycles. The van der Waals surface area contributed by atoms with Gasteiger partial charge in [-0.2, -0.15) is 0 Å². The molecular weight excluding hydrogens is 264 g/mol. The van der Waals surface area contributed by atoms with E-state index >= 15 is 0 Å². The Morgan fingerprint density at radius 1 is 1.47 bits per heavy atom. The van der Waals surface area contributed by atoms with Gasteiger partial charge >= 0.3 is 5.97 Å². The number of ether oxygens (including phenoxy) is 1. The SMILES string of the molecule is COC(=O)c1nc(NC(C)=O)ccc1Br. The molecule has 0 spiro atoms. The van der Waals surface area contributed by atoms with Crippen LogP contribution in [0.2, 0.25) is 0 Å². The van der Waals surface area contributed by atoms with E-state index in [2.05, 4.69) is 31.0 Å². The van der Waals surface area contributed by atoms with E-state index in [-0.39, 0.29) is 11.6 Å². The fourth-order valence-electron chi connectivity index (χ4n) is 0.932. The van der Waals surface area contributed by atoms with Crippen LogP contribution in [-0.2, 0) is 9.53 Å². The zero-order valence-electron chi connectivity index (χ0n) is 8.20. The zero-order chi connectivity index (χ0) is 11.4. The lowest BCUT2D eigenvalue weighted by Gasteiger charge is -2.05. The molecule has 15 heavy (non-hydrogen) atoms. The van der Waals surface area contributed by atoms with Gasteiger partial charge in [-0.25, -0.2) is 9.78 Å². The van der Waals surface area contributed by atoms with E-state index in [1.165, 1.54) is 14.0 Å². The normalized spacial score (nSPS) is 9.53. The number of halogens is 1. The van der Waals surface area contributed by atoms with Gasteiger partial charge in [0.1, 0.15) is 5.82 Å². The maximum Gasteiger partial charge on any atom is 0.357 e. The van der Waals surface area contributed by atoms with Gasteiger partial charge < -0.3 is 10.1 Å². The number of nitrogens with zero attached hydrogens (tertiary/aromatic N) is 1. The summed E-state index contributed by atoms with van der Waals surface area (Å²) in [6.07, 6.45) is 0. The molecule has 6 heteroatoms. The first-order valence-electron chi connectivity index (χ1n) is 4.07. The molecule has 0 unspecified atom stereocenters. The molecule has 1 N–H and O–H groups in total. The van der Waals surface area contributed by atoms with Gasteiger partial charge in [0.15, 0.2) is 5.69 Å². The third-order valence-corrected chi connectivity index (χ3v) is 2.17. The van der Waals surface area contributed by atoms with Crippen molar-refractivity contribution < 1.29 is 14.3 Å². The Bertz CT molecular complexity index is 406. The Kier molecular flexibility index (Phi) is 3.79. The molecule has 1 heterocycles. The molecule has 0 radical (unpaired) electrons. The van der Waals surface area contributed by atoms with E-state index in [4.69, 9.17) is 0 Å². The van der Waals surface area contributed by atoms with Crippen LogP contribution >= 0.6 is 15.9 Å². The van der Waals surface area contributed by atoms with Gasteiger partial charge in [-0.1, -0.05) is 0 Å². The molecule has 0 aromatic carbocycles. The number of rotatable bonds is 2. The summed E-state index contributed by atoms with van der Waals surface area (Å²) in [4.78, 5) is 25.9. The topological polar surface area (TPSA) is 68.3 Å². The van der Waals surface area contributed by atoms with Crippen LogP contribution < -0.4 is 5.32 Å². The first kappa shape index (κ1) is 11.6. The minimum Gasteiger partial charge on any atom is -0.464 e. The summed E-state index contributed by atoms with van der Waals surface area (Å²) >= 11 is 3.16. The standard InChI is InChI=1S/C9H9BrN2O3/c1-5(13)11-7-4-3-6(10)8(12-7)9(14)15-2/h3-4H,1-2H3,(H,11,12,13). The minimum absolute atomic E-state index is 0.128. The third kappa shape index (κ3) is 3.02. The zero-order valence-corrected chi connectivity index (χ0v) is 9.79. The minimum atomic E-state index is -0.561. The van der Waals surface area contributed by atoms with Crippen molar-refractivity contribution in [1.82, 2.24) is 4.98 Å². The van der Waals surface area contributed by atoms with Gasteiger partial charge in [0.2, 0.25) is 5.91 Å². The average molecular weight is 273 g/mol. The van der Waals surface area contributed by atoms with Crippen LogP contribution in [0, 0.1) is 0 Å². The van der Waals surface area contributed by atoms with E-state index < -0.39 is 5.97 Å². The van der Waals surface area contributed by atoms with Crippen molar-refractivity contribution in [2.75, 3.05) is 12.4 Å². The number of nitrogens with one attached hydrogen (secondary N) is 1. The molecule has 0 bridgehead atoms. The molecule has 5 nitrogen and oxygen atoms in total. The van der Waals surface area contributed by atoms with Crippen LogP contribution in [0.3, 0.4) is 0 Å². The van der Waals surface area contributed by atoms with E-state index in [9.17, 15) is 9.59 Å². The summed E-state index contributed by atoms with van der Waals surface area (Å²) in [5, 5.41) is 2.47. The first-order chi connectivity index (χ1) is 7.04. The number of hydrogen-bond acceptors (Lipinski definition) is 4. The molecule has 1 aromatic heterocycles. The molecule has 0 atom stereocenters. The highest BCUT2D eigenvalue weighted by atomic mass is 79.9. The van der Waals surface area contributed by atoms with E-state index in [0.29, 0.717) is 10.3 Å². The van der Waals surface area contributed by atoms with Crippen LogP contribution in [0.1, 0.15) is 17.4 Å².